The Labute approximate surface area is 317 Å². The summed E-state index contributed by atoms with van der Waals surface area (Å²) in [7, 11) is 0. The predicted octanol–water partition coefficient (Wildman–Crippen LogP) is 12.0. The van der Waals surface area contributed by atoms with Crippen molar-refractivity contribution in [1.29, 1.82) is 0 Å². The molecule has 0 amide bonds. The molecule has 0 unspecified atom stereocenters. The van der Waals surface area contributed by atoms with Gasteiger partial charge < -0.3 is 9.73 Å². The van der Waals surface area contributed by atoms with Crippen molar-refractivity contribution in [2.24, 2.45) is 0 Å². The van der Waals surface area contributed by atoms with E-state index in [-0.39, 0.29) is 0 Å². The summed E-state index contributed by atoms with van der Waals surface area (Å²) in [5.74, 6) is 2.29. The molecule has 4 aromatic heterocycles. The quantitative estimate of drug-likeness (QED) is 0.169. The van der Waals surface area contributed by atoms with Crippen LogP contribution < -0.4 is 5.32 Å². The van der Waals surface area contributed by atoms with Crippen LogP contribution in [0.15, 0.2) is 192 Å². The number of pyridine rings is 2. The summed E-state index contributed by atoms with van der Waals surface area (Å²) >= 11 is 0. The molecule has 0 aliphatic carbocycles. The van der Waals surface area contributed by atoms with Crippen molar-refractivity contribution >= 4 is 33.3 Å². The van der Waals surface area contributed by atoms with E-state index >= 15 is 0 Å². The third kappa shape index (κ3) is 5.90. The molecule has 55 heavy (non-hydrogen) atoms. The number of para-hydroxylation sites is 3. The highest BCUT2D eigenvalue weighted by molar-refractivity contribution is 6.13. The van der Waals surface area contributed by atoms with Gasteiger partial charge in [0, 0.05) is 27.5 Å². The van der Waals surface area contributed by atoms with Gasteiger partial charge in [-0.25, -0.2) is 9.97 Å². The van der Waals surface area contributed by atoms with E-state index in [1.165, 1.54) is 0 Å². The number of nitrogens with one attached hydrogen (secondary N) is 1. The maximum Gasteiger partial charge on any atom is 0.250 e. The van der Waals surface area contributed by atoms with Crippen LogP contribution in [0, 0.1) is 0 Å². The van der Waals surface area contributed by atoms with E-state index < -0.39 is 0 Å². The second-order valence-corrected chi connectivity index (χ2v) is 13.2. The van der Waals surface area contributed by atoms with E-state index in [0.717, 1.165) is 78.1 Å². The maximum absolute atomic E-state index is 6.69. The minimum atomic E-state index is 0.387. The molecule has 0 spiro atoms. The Morgan fingerprint density at radius 1 is 0.418 bits per heavy atom. The molecule has 0 saturated carbocycles. The van der Waals surface area contributed by atoms with E-state index in [4.69, 9.17) is 19.5 Å². The number of aromatic nitrogens is 5. The van der Waals surface area contributed by atoms with E-state index in [0.29, 0.717) is 17.6 Å². The van der Waals surface area contributed by atoms with Crippen LogP contribution in [0.1, 0.15) is 0 Å². The first kappa shape index (κ1) is 32.0. The molecule has 10 aromatic rings. The van der Waals surface area contributed by atoms with Gasteiger partial charge in [-0.2, -0.15) is 0 Å². The molecule has 7 nitrogen and oxygen atoms in total. The van der Waals surface area contributed by atoms with Crippen LogP contribution in [0.3, 0.4) is 0 Å². The van der Waals surface area contributed by atoms with Crippen LogP contribution in [-0.4, -0.2) is 24.7 Å². The Bertz CT molecular complexity index is 2950. The predicted molar refractivity (Wildman–Crippen MR) is 221 cm³/mol. The highest BCUT2D eigenvalue weighted by atomic mass is 16.4. The molecule has 0 fully saturated rings. The molecular formula is C48H32N6O. The number of rotatable bonds is 8. The van der Waals surface area contributed by atoms with Gasteiger partial charge in [0.2, 0.25) is 11.8 Å². The highest BCUT2D eigenvalue weighted by Crippen LogP contribution is 2.41. The second kappa shape index (κ2) is 13.7. The van der Waals surface area contributed by atoms with Crippen LogP contribution in [-0.2, 0) is 0 Å². The van der Waals surface area contributed by atoms with E-state index in [1.54, 1.807) is 0 Å². The topological polar surface area (TPSA) is 81.7 Å². The first-order valence-corrected chi connectivity index (χ1v) is 18.2. The van der Waals surface area contributed by atoms with Crippen molar-refractivity contribution in [3.63, 3.8) is 0 Å². The maximum atomic E-state index is 6.69. The SMILES string of the molecule is c1ccc(-c2cccc(Nc3c(-c4ccccc4)cccc3-c3nnc(-c4cccc5c6ccccc6n(-c6cccc(-c7ccccc7)n6)c45)o3)n2)cc1. The summed E-state index contributed by atoms with van der Waals surface area (Å²) in [6.45, 7) is 0. The van der Waals surface area contributed by atoms with E-state index in [2.05, 4.69) is 93.8 Å². The van der Waals surface area contributed by atoms with E-state index in [9.17, 15) is 0 Å². The Balaban J connectivity index is 1.12. The van der Waals surface area contributed by atoms with Gasteiger partial charge in [0.25, 0.3) is 0 Å². The second-order valence-electron chi connectivity index (χ2n) is 13.2. The fourth-order valence-corrected chi connectivity index (χ4v) is 7.31. The molecule has 1 N–H and O–H groups in total. The number of hydrogen-bond donors (Lipinski definition) is 1. The Kier molecular flexibility index (Phi) is 8.00. The number of nitrogens with zero attached hydrogens (tertiary/aromatic N) is 5. The summed E-state index contributed by atoms with van der Waals surface area (Å²) in [4.78, 5) is 10.2. The van der Waals surface area contributed by atoms with Crippen molar-refractivity contribution in [2.75, 3.05) is 5.32 Å². The molecule has 0 radical (unpaired) electrons. The van der Waals surface area contributed by atoms with Crippen LogP contribution in [0.4, 0.5) is 11.5 Å². The van der Waals surface area contributed by atoms with Crippen molar-refractivity contribution in [3.8, 4) is 62.4 Å². The zero-order valence-corrected chi connectivity index (χ0v) is 29.5. The monoisotopic (exact) mass is 708 g/mol. The normalized spacial score (nSPS) is 11.3. The lowest BCUT2D eigenvalue weighted by atomic mass is 9.99. The molecule has 0 atom stereocenters. The molecule has 4 heterocycles. The summed E-state index contributed by atoms with van der Waals surface area (Å²) in [5, 5.41) is 15.2. The number of benzene rings is 6. The lowest BCUT2D eigenvalue weighted by Gasteiger charge is -2.16. The van der Waals surface area contributed by atoms with Gasteiger partial charge in [-0.3, -0.25) is 4.57 Å². The molecular weight excluding hydrogens is 677 g/mol. The van der Waals surface area contributed by atoms with Crippen molar-refractivity contribution in [3.05, 3.63) is 188 Å². The molecule has 10 rings (SSSR count). The average Bonchev–Trinajstić information content (AvgIpc) is 3.89. The van der Waals surface area contributed by atoms with Crippen LogP contribution in [0.2, 0.25) is 0 Å². The first-order valence-electron chi connectivity index (χ1n) is 18.2. The lowest BCUT2D eigenvalue weighted by Crippen LogP contribution is -1.99. The fourth-order valence-electron chi connectivity index (χ4n) is 7.31. The van der Waals surface area contributed by atoms with E-state index in [1.807, 2.05) is 109 Å². The van der Waals surface area contributed by atoms with Gasteiger partial charge in [0.05, 0.1) is 39.2 Å². The lowest BCUT2D eigenvalue weighted by molar-refractivity contribution is 0.585. The van der Waals surface area contributed by atoms with Crippen LogP contribution in [0.25, 0.3) is 84.2 Å². The van der Waals surface area contributed by atoms with Gasteiger partial charge in [0.15, 0.2) is 0 Å². The van der Waals surface area contributed by atoms with Crippen LogP contribution in [0.5, 0.6) is 0 Å². The fraction of sp³-hybridized carbons (Fsp3) is 0. The minimum Gasteiger partial charge on any atom is -0.416 e. The third-order valence-electron chi connectivity index (χ3n) is 9.83. The summed E-state index contributed by atoms with van der Waals surface area (Å²) < 4.78 is 8.89. The van der Waals surface area contributed by atoms with Gasteiger partial charge in [-0.05, 0) is 48.0 Å². The largest absolute Gasteiger partial charge is 0.416 e. The molecule has 0 saturated heterocycles. The summed E-state index contributed by atoms with van der Waals surface area (Å²) in [6.07, 6.45) is 0. The van der Waals surface area contributed by atoms with Crippen molar-refractivity contribution in [2.45, 2.75) is 0 Å². The smallest absolute Gasteiger partial charge is 0.250 e. The standard InChI is InChI=1S/C48H32N6O/c1-4-16-32(17-5-1)35-23-12-25-38(45(35)51-43-30-14-27-40(49-43)33-18-6-2-7-19-33)47-52-53-48(55-47)39-26-13-24-37-36-22-10-11-29-42(36)54(46(37)39)44-31-15-28-41(50-44)34-20-8-3-9-21-34/h1-31H,(H,49,51). The summed E-state index contributed by atoms with van der Waals surface area (Å²) in [6, 6.07) is 63.5. The zero-order valence-electron chi connectivity index (χ0n) is 29.5. The number of anilines is 2. The molecule has 0 bridgehead atoms. The molecule has 7 heteroatoms. The molecule has 260 valence electrons. The minimum absolute atomic E-state index is 0.387. The zero-order chi connectivity index (χ0) is 36.6. The summed E-state index contributed by atoms with van der Waals surface area (Å²) in [5.41, 5.74) is 10.2. The van der Waals surface area contributed by atoms with Crippen molar-refractivity contribution < 1.29 is 4.42 Å². The number of fused-ring (bicyclic) bond motifs is 3. The Morgan fingerprint density at radius 3 is 1.71 bits per heavy atom. The van der Waals surface area contributed by atoms with Crippen molar-refractivity contribution in [1.82, 2.24) is 24.7 Å². The van der Waals surface area contributed by atoms with Gasteiger partial charge >= 0.3 is 0 Å². The molecule has 0 aliphatic heterocycles. The van der Waals surface area contributed by atoms with Gasteiger partial charge in [0.1, 0.15) is 11.6 Å². The Hall–Kier alpha value is -7.64. The first-order chi connectivity index (χ1) is 27.3. The van der Waals surface area contributed by atoms with Crippen LogP contribution >= 0.6 is 0 Å². The highest BCUT2D eigenvalue weighted by Gasteiger charge is 2.23. The average molecular weight is 709 g/mol. The Morgan fingerprint density at radius 2 is 0.964 bits per heavy atom. The molecule has 6 aromatic carbocycles. The molecule has 0 aliphatic rings. The third-order valence-corrected chi connectivity index (χ3v) is 9.83. The number of hydrogen-bond acceptors (Lipinski definition) is 6. The van der Waals surface area contributed by atoms with Gasteiger partial charge in [-0.1, -0.05) is 146 Å². The van der Waals surface area contributed by atoms with Gasteiger partial charge in [-0.15, -0.1) is 10.2 Å².